The van der Waals surface area contributed by atoms with Crippen molar-refractivity contribution in [3.8, 4) is 0 Å². The Balaban J connectivity index is 4.96. The van der Waals surface area contributed by atoms with Crippen LogP contribution in [-0.2, 0) is 0 Å². The van der Waals surface area contributed by atoms with E-state index in [1.807, 2.05) is 0 Å². The van der Waals surface area contributed by atoms with Gasteiger partial charge in [-0.05, 0) is 0 Å². The molecule has 2 heteroatoms. The monoisotopic (exact) mass is 652 g/mol. The van der Waals surface area contributed by atoms with E-state index in [9.17, 15) is 0 Å². The van der Waals surface area contributed by atoms with E-state index in [2.05, 4.69) is 49.7 Å². The van der Waals surface area contributed by atoms with E-state index in [1.54, 1.807) is 24.6 Å². The Bertz CT molecular complexity index is 405. The second-order valence-electron chi connectivity index (χ2n) is 12.8. The molecule has 0 N–H and O–H groups in total. The number of rotatable bonds is 31. The van der Waals surface area contributed by atoms with Gasteiger partial charge >= 0.3 is 252 Å². The van der Waals surface area contributed by atoms with Crippen molar-refractivity contribution in [1.82, 2.24) is 0 Å². The van der Waals surface area contributed by atoms with E-state index in [0.29, 0.717) is 0 Å². The third kappa shape index (κ3) is 23.6. The van der Waals surface area contributed by atoms with Gasteiger partial charge in [0.1, 0.15) is 0 Å². The Morgan fingerprint density at radius 1 is 0.270 bits per heavy atom. The molecule has 0 nitrogen and oxygen atoms in total. The van der Waals surface area contributed by atoms with Gasteiger partial charge in [-0.3, -0.25) is 0 Å². The Hall–Kier alpha value is 1.16. The third-order valence-electron chi connectivity index (χ3n) is 9.03. The van der Waals surface area contributed by atoms with Gasteiger partial charge in [0.05, 0.1) is 0 Å². The van der Waals surface area contributed by atoms with Crippen molar-refractivity contribution in [3.05, 3.63) is 0 Å². The summed E-state index contributed by atoms with van der Waals surface area (Å²) in [6, 6.07) is 0. The molecule has 0 radical (unpaired) electrons. The van der Waals surface area contributed by atoms with E-state index < -0.39 is 4.25 Å². The second kappa shape index (κ2) is 27.3. The first-order valence-corrected chi connectivity index (χ1v) is 23.5. The predicted octanol–water partition coefficient (Wildman–Crippen LogP) is 14.5. The normalized spacial score (nSPS) is 13.2. The standard InChI is InChI=1S/C35H74IP/c1-5-9-13-17-21-22-23-27-31-35-37(36,32-28-24-18-14-10-6-2,33-29-25-19-15-11-7-3)34-30-26-20-16-12-8-4/h5-35H2,1-4H3. The van der Waals surface area contributed by atoms with Crippen LogP contribution in [-0.4, -0.2) is 24.6 Å². The summed E-state index contributed by atoms with van der Waals surface area (Å²) in [4.78, 5) is 0. The zero-order valence-electron chi connectivity index (χ0n) is 26.7. The first kappa shape index (κ1) is 38.2. The Morgan fingerprint density at radius 2 is 0.432 bits per heavy atom. The molecule has 0 spiro atoms. The average Bonchev–Trinajstić information content (AvgIpc) is 2.90. The van der Waals surface area contributed by atoms with Gasteiger partial charge in [-0.1, -0.05) is 0 Å². The van der Waals surface area contributed by atoms with Crippen LogP contribution in [0.25, 0.3) is 0 Å². The Morgan fingerprint density at radius 3 is 0.622 bits per heavy atom. The molecule has 0 unspecified atom stereocenters. The average molecular weight is 653 g/mol. The Kier molecular flexibility index (Phi) is 28.2. The van der Waals surface area contributed by atoms with Crippen molar-refractivity contribution >= 4 is 26.3 Å². The molecule has 0 atom stereocenters. The molecule has 0 saturated heterocycles. The van der Waals surface area contributed by atoms with Crippen molar-refractivity contribution < 1.29 is 0 Å². The van der Waals surface area contributed by atoms with Crippen LogP contribution in [0, 0.1) is 0 Å². The van der Waals surface area contributed by atoms with Gasteiger partial charge in [-0.25, -0.2) is 0 Å². The fourth-order valence-electron chi connectivity index (χ4n) is 6.35. The molecular weight excluding hydrogens is 578 g/mol. The van der Waals surface area contributed by atoms with Gasteiger partial charge in [-0.15, -0.1) is 0 Å². The van der Waals surface area contributed by atoms with Crippen LogP contribution in [0.5, 0.6) is 0 Å². The number of unbranched alkanes of at least 4 members (excludes halogenated alkanes) is 23. The summed E-state index contributed by atoms with van der Waals surface area (Å²) in [6.45, 7) is 9.38. The van der Waals surface area contributed by atoms with E-state index in [-0.39, 0.29) is 0 Å². The van der Waals surface area contributed by atoms with Gasteiger partial charge in [0.15, 0.2) is 0 Å². The fourth-order valence-corrected chi connectivity index (χ4v) is 15.8. The van der Waals surface area contributed by atoms with Gasteiger partial charge in [0, 0.05) is 0 Å². The predicted molar refractivity (Wildman–Crippen MR) is 188 cm³/mol. The van der Waals surface area contributed by atoms with Crippen LogP contribution in [0.1, 0.15) is 201 Å². The quantitative estimate of drug-likeness (QED) is 0.0397. The molecule has 0 bridgehead atoms. The van der Waals surface area contributed by atoms with E-state index in [1.165, 1.54) is 173 Å². The van der Waals surface area contributed by atoms with Gasteiger partial charge in [0.25, 0.3) is 0 Å². The SMILES string of the molecule is CCCCCCCCCCCP(I)(CCCCCCCC)(CCCCCCCC)CCCCCCCC. The Labute approximate surface area is 250 Å². The molecule has 0 amide bonds. The molecule has 0 fully saturated rings. The van der Waals surface area contributed by atoms with Crippen LogP contribution in [0.4, 0.5) is 0 Å². The topological polar surface area (TPSA) is 0 Å². The number of hydrogen-bond acceptors (Lipinski definition) is 0. The van der Waals surface area contributed by atoms with Crippen LogP contribution < -0.4 is 0 Å². The summed E-state index contributed by atoms with van der Waals surface area (Å²) in [5.41, 5.74) is 0. The zero-order valence-corrected chi connectivity index (χ0v) is 29.8. The first-order valence-electron chi connectivity index (χ1n) is 17.8. The number of hydrogen-bond donors (Lipinski definition) is 0. The summed E-state index contributed by atoms with van der Waals surface area (Å²) in [5, 5.41) is 0. The van der Waals surface area contributed by atoms with E-state index in [4.69, 9.17) is 0 Å². The molecule has 226 valence electrons. The van der Waals surface area contributed by atoms with Crippen molar-refractivity contribution in [3.63, 3.8) is 0 Å². The van der Waals surface area contributed by atoms with Crippen LogP contribution in [0.15, 0.2) is 0 Å². The minimum absolute atomic E-state index is 1.37. The van der Waals surface area contributed by atoms with Gasteiger partial charge < -0.3 is 0 Å². The van der Waals surface area contributed by atoms with Crippen molar-refractivity contribution in [2.75, 3.05) is 24.6 Å². The molecule has 0 rings (SSSR count). The molecular formula is C35H74IP. The van der Waals surface area contributed by atoms with E-state index in [0.717, 1.165) is 0 Å². The molecule has 0 aliphatic rings. The molecule has 0 aliphatic heterocycles. The molecule has 0 aromatic carbocycles. The van der Waals surface area contributed by atoms with Gasteiger partial charge in [-0.2, -0.15) is 0 Å². The van der Waals surface area contributed by atoms with Crippen LogP contribution in [0.3, 0.4) is 0 Å². The summed E-state index contributed by atoms with van der Waals surface area (Å²) in [5.74, 6) is 0. The summed E-state index contributed by atoms with van der Waals surface area (Å²) < 4.78 is -1.62. The summed E-state index contributed by atoms with van der Waals surface area (Å²) in [7, 11) is 0. The van der Waals surface area contributed by atoms with Crippen LogP contribution >= 0.6 is 26.3 Å². The zero-order chi connectivity index (χ0) is 27.4. The van der Waals surface area contributed by atoms with Crippen molar-refractivity contribution in [2.45, 2.75) is 201 Å². The fraction of sp³-hybridized carbons (Fsp3) is 1.00. The summed E-state index contributed by atoms with van der Waals surface area (Å²) >= 11 is 3.23. The van der Waals surface area contributed by atoms with Gasteiger partial charge in [0.2, 0.25) is 0 Å². The maximum atomic E-state index is 3.23. The molecule has 37 heavy (non-hydrogen) atoms. The first-order chi connectivity index (χ1) is 18.0. The number of halogens is 1. The third-order valence-corrected chi connectivity index (χ3v) is 20.6. The van der Waals surface area contributed by atoms with Crippen molar-refractivity contribution in [2.24, 2.45) is 0 Å². The minimum atomic E-state index is -1.62. The van der Waals surface area contributed by atoms with Crippen molar-refractivity contribution in [1.29, 1.82) is 0 Å². The molecule has 0 heterocycles. The molecule has 0 aliphatic carbocycles. The molecule has 0 aromatic rings. The van der Waals surface area contributed by atoms with Crippen LogP contribution in [0.2, 0.25) is 0 Å². The summed E-state index contributed by atoms with van der Waals surface area (Å²) in [6.07, 6.45) is 46.3. The maximum absolute atomic E-state index is 3.23. The molecule has 0 saturated carbocycles. The molecule has 0 aromatic heterocycles. The van der Waals surface area contributed by atoms with E-state index >= 15 is 0 Å². The second-order valence-corrected chi connectivity index (χ2v) is 26.5.